The molecule has 1 aromatic rings. The molecule has 34 heavy (non-hydrogen) atoms. The first-order chi connectivity index (χ1) is 15.9. The minimum absolute atomic E-state index is 0.0655. The number of primary amides is 2. The number of aliphatic hydroxyl groups excluding tert-OH is 2. The Morgan fingerprint density at radius 2 is 1.85 bits per heavy atom. The Morgan fingerprint density at radius 1 is 1.18 bits per heavy atom. The van der Waals surface area contributed by atoms with E-state index in [-0.39, 0.29) is 41.1 Å². The van der Waals surface area contributed by atoms with Crippen LogP contribution >= 0.6 is 0 Å². The normalized spacial score (nSPS) is 28.0. The predicted octanol–water partition coefficient (Wildman–Crippen LogP) is -0.222. The van der Waals surface area contributed by atoms with Crippen molar-refractivity contribution in [3.63, 3.8) is 0 Å². The van der Waals surface area contributed by atoms with Gasteiger partial charge in [0.2, 0.25) is 5.91 Å². The van der Waals surface area contributed by atoms with Crippen molar-refractivity contribution in [3.05, 3.63) is 51.5 Å². The van der Waals surface area contributed by atoms with Gasteiger partial charge in [0.15, 0.2) is 5.78 Å². The standard InChI is InChI=1S/C24H25N3O7/c1-27(2)19-14-8-11-7-12-10(4-6-16(25)29)3-5-15(28)18(12)21(31)17(11)22(32)24(14,34)9-13(20(19)30)23(26)33/h3,5,11,14,19,28,30,32,34H,7-9H2,1-2H3,(H2,25,29)(H2,26,33). The molecule has 0 spiro atoms. The number of benzene rings is 1. The average molecular weight is 467 g/mol. The summed E-state index contributed by atoms with van der Waals surface area (Å²) in [5.41, 5.74) is 8.89. The van der Waals surface area contributed by atoms with Gasteiger partial charge < -0.3 is 31.9 Å². The van der Waals surface area contributed by atoms with Crippen LogP contribution in [-0.2, 0) is 16.0 Å². The van der Waals surface area contributed by atoms with E-state index in [1.54, 1.807) is 19.0 Å². The maximum atomic E-state index is 13.5. The lowest BCUT2D eigenvalue weighted by Crippen LogP contribution is -2.59. The highest BCUT2D eigenvalue weighted by Crippen LogP contribution is 2.53. The summed E-state index contributed by atoms with van der Waals surface area (Å²) in [4.78, 5) is 38.2. The van der Waals surface area contributed by atoms with Gasteiger partial charge in [-0.1, -0.05) is 5.92 Å². The molecule has 4 rings (SSSR count). The number of ketones is 1. The number of fused-ring (bicyclic) bond motifs is 3. The van der Waals surface area contributed by atoms with Crippen molar-refractivity contribution in [2.75, 3.05) is 14.1 Å². The van der Waals surface area contributed by atoms with E-state index in [4.69, 9.17) is 11.5 Å². The van der Waals surface area contributed by atoms with Gasteiger partial charge in [-0.05, 0) is 56.5 Å². The van der Waals surface area contributed by atoms with Crippen LogP contribution in [0.1, 0.15) is 34.3 Å². The molecule has 0 aliphatic heterocycles. The summed E-state index contributed by atoms with van der Waals surface area (Å²) in [6.45, 7) is 0. The molecule has 0 saturated carbocycles. The van der Waals surface area contributed by atoms with E-state index < -0.39 is 53.3 Å². The van der Waals surface area contributed by atoms with Crippen molar-refractivity contribution >= 4 is 17.6 Å². The minimum Gasteiger partial charge on any atom is -0.510 e. The molecule has 10 nitrogen and oxygen atoms in total. The monoisotopic (exact) mass is 467 g/mol. The summed E-state index contributed by atoms with van der Waals surface area (Å²) >= 11 is 0. The number of carbonyl (C=O) groups excluding carboxylic acids is 3. The zero-order valence-corrected chi connectivity index (χ0v) is 18.6. The fourth-order valence-corrected chi connectivity index (χ4v) is 5.58. The Labute approximate surface area is 195 Å². The summed E-state index contributed by atoms with van der Waals surface area (Å²) in [5, 5.41) is 44.1. The lowest BCUT2D eigenvalue weighted by Gasteiger charge is -2.51. The van der Waals surface area contributed by atoms with Crippen LogP contribution in [0.15, 0.2) is 34.8 Å². The van der Waals surface area contributed by atoms with E-state index in [0.29, 0.717) is 11.1 Å². The number of phenolic OH excluding ortho intramolecular Hbond substituents is 1. The van der Waals surface area contributed by atoms with Crippen LogP contribution in [-0.4, -0.2) is 68.7 Å². The molecule has 4 unspecified atom stereocenters. The Hall–Kier alpha value is -3.81. The third-order valence-electron chi connectivity index (χ3n) is 7.03. The molecule has 0 aromatic heterocycles. The van der Waals surface area contributed by atoms with Gasteiger partial charge in [0.05, 0.1) is 17.2 Å². The van der Waals surface area contributed by atoms with E-state index in [0.717, 1.165) is 0 Å². The van der Waals surface area contributed by atoms with Crippen LogP contribution in [0, 0.1) is 23.7 Å². The SMILES string of the molecule is CN(C)C1C(O)=C(C(N)=O)CC2(O)C(O)=C3C(=O)c4c(O)ccc(C#CC(N)=O)c4CC3CC12. The summed E-state index contributed by atoms with van der Waals surface area (Å²) in [6.07, 6.45) is -0.0998. The molecule has 10 heteroatoms. The summed E-state index contributed by atoms with van der Waals surface area (Å²) in [6, 6.07) is 1.89. The largest absolute Gasteiger partial charge is 0.510 e. The maximum Gasteiger partial charge on any atom is 0.293 e. The van der Waals surface area contributed by atoms with Gasteiger partial charge in [-0.2, -0.15) is 0 Å². The third kappa shape index (κ3) is 3.32. The quantitative estimate of drug-likeness (QED) is 0.322. The van der Waals surface area contributed by atoms with Crippen molar-refractivity contribution in [1.82, 2.24) is 4.90 Å². The predicted molar refractivity (Wildman–Crippen MR) is 119 cm³/mol. The van der Waals surface area contributed by atoms with Crippen LogP contribution in [0.25, 0.3) is 0 Å². The molecule has 8 N–H and O–H groups in total. The fourth-order valence-electron chi connectivity index (χ4n) is 5.58. The Bertz CT molecular complexity index is 1270. The van der Waals surface area contributed by atoms with E-state index in [9.17, 15) is 34.8 Å². The zero-order chi connectivity index (χ0) is 25.1. The van der Waals surface area contributed by atoms with Crippen molar-refractivity contribution in [3.8, 4) is 17.6 Å². The Balaban J connectivity index is 1.91. The second-order valence-corrected chi connectivity index (χ2v) is 9.17. The number of carbonyl (C=O) groups is 3. The molecule has 0 radical (unpaired) electrons. The number of likely N-dealkylation sites (N-methyl/N-ethyl adjacent to an activating group) is 1. The van der Waals surface area contributed by atoms with Gasteiger partial charge in [0.1, 0.15) is 22.9 Å². The van der Waals surface area contributed by atoms with Crippen LogP contribution < -0.4 is 11.5 Å². The van der Waals surface area contributed by atoms with Crippen molar-refractivity contribution < 1.29 is 34.8 Å². The number of rotatable bonds is 2. The average Bonchev–Trinajstić information content (AvgIpc) is 2.74. The van der Waals surface area contributed by atoms with Crippen molar-refractivity contribution in [1.29, 1.82) is 0 Å². The third-order valence-corrected chi connectivity index (χ3v) is 7.03. The molecule has 1 aromatic carbocycles. The highest BCUT2D eigenvalue weighted by Gasteiger charge is 2.58. The summed E-state index contributed by atoms with van der Waals surface area (Å²) in [7, 11) is 3.30. The molecule has 2 amide bonds. The van der Waals surface area contributed by atoms with Gasteiger partial charge in [-0.15, -0.1) is 0 Å². The second-order valence-electron chi connectivity index (χ2n) is 9.17. The molecule has 0 fully saturated rings. The van der Waals surface area contributed by atoms with Crippen molar-refractivity contribution in [2.24, 2.45) is 23.3 Å². The number of nitrogens with zero attached hydrogens (tertiary/aromatic N) is 1. The topological polar surface area (TPSA) is 187 Å². The van der Waals surface area contributed by atoms with E-state index >= 15 is 0 Å². The lowest BCUT2D eigenvalue weighted by molar-refractivity contribution is -0.118. The first-order valence-corrected chi connectivity index (χ1v) is 10.6. The molecular weight excluding hydrogens is 442 g/mol. The number of allylic oxidation sites excluding steroid dienone is 1. The van der Waals surface area contributed by atoms with Crippen LogP contribution in [0.5, 0.6) is 5.75 Å². The Morgan fingerprint density at radius 3 is 2.44 bits per heavy atom. The maximum absolute atomic E-state index is 13.5. The van der Waals surface area contributed by atoms with Crippen LogP contribution in [0.4, 0.5) is 0 Å². The molecule has 0 heterocycles. The second kappa shape index (κ2) is 7.90. The van der Waals surface area contributed by atoms with Gasteiger partial charge in [0.25, 0.3) is 5.91 Å². The summed E-state index contributed by atoms with van der Waals surface area (Å²) < 4.78 is 0. The number of aromatic hydroxyl groups is 1. The molecule has 3 aliphatic rings. The van der Waals surface area contributed by atoms with Gasteiger partial charge in [-0.25, -0.2) is 0 Å². The van der Waals surface area contributed by atoms with E-state index in [1.165, 1.54) is 12.1 Å². The zero-order valence-electron chi connectivity index (χ0n) is 18.6. The highest BCUT2D eigenvalue weighted by atomic mass is 16.3. The molecule has 0 saturated heterocycles. The lowest BCUT2D eigenvalue weighted by atomic mass is 9.59. The first kappa shape index (κ1) is 23.4. The number of nitrogens with two attached hydrogens (primary N) is 2. The molecule has 4 atom stereocenters. The Kier molecular flexibility index (Phi) is 5.43. The number of hydrogen-bond donors (Lipinski definition) is 6. The van der Waals surface area contributed by atoms with E-state index in [1.807, 2.05) is 0 Å². The minimum atomic E-state index is -2.02. The van der Waals surface area contributed by atoms with Gasteiger partial charge in [0, 0.05) is 23.5 Å². The summed E-state index contributed by atoms with van der Waals surface area (Å²) in [5.74, 6) is -0.191. The van der Waals surface area contributed by atoms with E-state index in [2.05, 4.69) is 11.8 Å². The molecule has 3 aliphatic carbocycles. The number of aliphatic hydroxyl groups is 3. The fraction of sp³-hybridized carbons (Fsp3) is 0.375. The van der Waals surface area contributed by atoms with Gasteiger partial charge in [-0.3, -0.25) is 19.3 Å². The van der Waals surface area contributed by atoms with Crippen LogP contribution in [0.3, 0.4) is 0 Å². The number of amides is 2. The van der Waals surface area contributed by atoms with Crippen LogP contribution in [0.2, 0.25) is 0 Å². The smallest absolute Gasteiger partial charge is 0.293 e. The molecule has 0 bridgehead atoms. The van der Waals surface area contributed by atoms with Gasteiger partial charge >= 0.3 is 0 Å². The number of Topliss-reactive ketones (excluding diaryl/α,β-unsaturated/α-hetero) is 1. The molecular formula is C24H25N3O7. The molecule has 178 valence electrons. The number of phenols is 1. The van der Waals surface area contributed by atoms with Crippen molar-refractivity contribution in [2.45, 2.75) is 30.9 Å². The highest BCUT2D eigenvalue weighted by molar-refractivity contribution is 6.14. The number of hydrogen-bond acceptors (Lipinski definition) is 8. The first-order valence-electron chi connectivity index (χ1n) is 10.6.